The minimum absolute atomic E-state index is 0.0356. The molecule has 0 aliphatic heterocycles. The largest absolute Gasteiger partial charge is 0.497 e. The number of carbonyl (C=O) groups is 2. The van der Waals surface area contributed by atoms with Crippen molar-refractivity contribution in [3.63, 3.8) is 0 Å². The maximum Gasteiger partial charge on any atom is 0.356 e. The van der Waals surface area contributed by atoms with E-state index in [1.165, 1.54) is 21.4 Å². The summed E-state index contributed by atoms with van der Waals surface area (Å²) in [4.78, 5) is 36.4. The fourth-order valence-corrected chi connectivity index (χ4v) is 5.92. The molecule has 2 aromatic carbocycles. The van der Waals surface area contributed by atoms with Gasteiger partial charge in [0.2, 0.25) is 0 Å². The van der Waals surface area contributed by atoms with Crippen LogP contribution in [0, 0.1) is 11.3 Å². The Bertz CT molecular complexity index is 2330. The predicted octanol–water partition coefficient (Wildman–Crippen LogP) is 5.54. The Balaban J connectivity index is 0.000000185. The first-order valence-electron chi connectivity index (χ1n) is 16.2. The Hall–Kier alpha value is -6.11. The molecular formula is C36H34Cl2N10O5. The molecule has 53 heavy (non-hydrogen) atoms. The van der Waals surface area contributed by atoms with Gasteiger partial charge in [0.25, 0.3) is 5.91 Å². The lowest BCUT2D eigenvalue weighted by Crippen LogP contribution is -2.36. The van der Waals surface area contributed by atoms with E-state index in [1.54, 1.807) is 26.4 Å². The number of anilines is 2. The molecule has 6 aromatic rings. The zero-order valence-electron chi connectivity index (χ0n) is 29.1. The third-order valence-electron chi connectivity index (χ3n) is 8.59. The number of halogens is 2. The molecule has 272 valence electrons. The smallest absolute Gasteiger partial charge is 0.356 e. The summed E-state index contributed by atoms with van der Waals surface area (Å²) in [6.07, 6.45) is 4.02. The Morgan fingerprint density at radius 1 is 0.830 bits per heavy atom. The highest BCUT2D eigenvalue weighted by molar-refractivity contribution is 6.30. The van der Waals surface area contributed by atoms with Crippen molar-refractivity contribution >= 4 is 57.7 Å². The number of ether oxygens (including phenoxy) is 2. The van der Waals surface area contributed by atoms with Crippen molar-refractivity contribution in [2.24, 2.45) is 0 Å². The first kappa shape index (κ1) is 36.7. The van der Waals surface area contributed by atoms with Crippen LogP contribution >= 0.6 is 23.2 Å². The minimum Gasteiger partial charge on any atom is -0.497 e. The van der Waals surface area contributed by atoms with Gasteiger partial charge in [0.15, 0.2) is 33.0 Å². The number of fused-ring (bicyclic) bond motifs is 2. The number of hydrogen-bond acceptors (Lipinski definition) is 11. The number of nitriles is 1. The lowest BCUT2D eigenvalue weighted by molar-refractivity contribution is 0.0687. The van der Waals surface area contributed by atoms with E-state index in [-0.39, 0.29) is 21.7 Å². The number of methoxy groups -OCH3 is 2. The minimum atomic E-state index is -1.11. The first-order valence-corrected chi connectivity index (χ1v) is 16.9. The number of amides is 1. The van der Waals surface area contributed by atoms with Crippen LogP contribution in [0.2, 0.25) is 10.3 Å². The summed E-state index contributed by atoms with van der Waals surface area (Å²) in [6, 6.07) is 21.0. The van der Waals surface area contributed by atoms with Gasteiger partial charge in [-0.25, -0.2) is 23.8 Å². The molecule has 17 heteroatoms. The standard InChI is InChI=1S/C20H19ClN6O2.C16H15ClN4O3/c1-26(11-13-3-5-14(29-2)6-4-13)15-9-17(21)25-27-16(10-23-18(15)27)19(28)24-20(12-22)7-8-20;1-20(9-10-3-5-11(24-2)6-4-10)12-7-14(17)19-21-13(16(22)23)8-18-15(12)21/h3-6,9-10H,7-8,11H2,1-2H3,(H,24,28);3-8H,9H2,1-2H3,(H,22,23). The Kier molecular flexibility index (Phi) is 10.5. The molecule has 1 aliphatic rings. The van der Waals surface area contributed by atoms with Gasteiger partial charge in [-0.05, 0) is 48.2 Å². The highest BCUT2D eigenvalue weighted by Crippen LogP contribution is 2.35. The van der Waals surface area contributed by atoms with Crippen LogP contribution in [-0.4, -0.2) is 80.0 Å². The van der Waals surface area contributed by atoms with Crippen LogP contribution in [0.3, 0.4) is 0 Å². The van der Waals surface area contributed by atoms with Crippen molar-refractivity contribution < 1.29 is 24.2 Å². The quantitative estimate of drug-likeness (QED) is 0.169. The molecule has 7 rings (SSSR count). The lowest BCUT2D eigenvalue weighted by Gasteiger charge is -2.20. The molecule has 15 nitrogen and oxygen atoms in total. The topological polar surface area (TPSA) is 176 Å². The molecule has 0 atom stereocenters. The predicted molar refractivity (Wildman–Crippen MR) is 198 cm³/mol. The number of benzene rings is 2. The molecule has 0 bridgehead atoms. The van der Waals surface area contributed by atoms with E-state index < -0.39 is 17.4 Å². The number of aromatic nitrogens is 6. The van der Waals surface area contributed by atoms with Gasteiger partial charge in [0, 0.05) is 39.3 Å². The van der Waals surface area contributed by atoms with Crippen molar-refractivity contribution in [2.75, 3.05) is 38.1 Å². The lowest BCUT2D eigenvalue weighted by atomic mass is 10.2. The van der Waals surface area contributed by atoms with E-state index in [4.69, 9.17) is 32.7 Å². The van der Waals surface area contributed by atoms with Crippen molar-refractivity contribution in [3.8, 4) is 17.6 Å². The van der Waals surface area contributed by atoms with Gasteiger partial charge in [-0.15, -0.1) is 0 Å². The number of nitrogens with one attached hydrogen (secondary N) is 1. The summed E-state index contributed by atoms with van der Waals surface area (Å²) >= 11 is 12.3. The summed E-state index contributed by atoms with van der Waals surface area (Å²) in [6.45, 7) is 1.20. The number of nitrogens with zero attached hydrogens (tertiary/aromatic N) is 9. The van der Waals surface area contributed by atoms with Crippen LogP contribution in [0.15, 0.2) is 73.1 Å². The third-order valence-corrected chi connectivity index (χ3v) is 8.95. The SMILES string of the molecule is COc1ccc(CN(C)c2cc(Cl)nn3c(C(=O)NC4(C#N)CC4)cnc23)cc1.COc1ccc(CN(C)c2cc(Cl)nn3c(C(=O)O)cnc23)cc1. The average molecular weight is 758 g/mol. The molecule has 1 fully saturated rings. The van der Waals surface area contributed by atoms with Crippen LogP contribution in [0.25, 0.3) is 11.3 Å². The average Bonchev–Trinajstić information content (AvgIpc) is 3.57. The second kappa shape index (κ2) is 15.2. The van der Waals surface area contributed by atoms with Gasteiger partial charge in [-0.2, -0.15) is 15.5 Å². The molecule has 1 aliphatic carbocycles. The summed E-state index contributed by atoms with van der Waals surface area (Å²) in [7, 11) is 7.05. The number of hydrogen-bond donors (Lipinski definition) is 2. The third kappa shape index (κ3) is 8.03. The Morgan fingerprint density at radius 2 is 1.26 bits per heavy atom. The summed E-state index contributed by atoms with van der Waals surface area (Å²) in [5.74, 6) is 0.0756. The van der Waals surface area contributed by atoms with Crippen molar-refractivity contribution in [1.82, 2.24) is 34.5 Å². The van der Waals surface area contributed by atoms with Gasteiger partial charge in [-0.3, -0.25) is 4.79 Å². The fraction of sp³-hybridized carbons (Fsp3) is 0.250. The van der Waals surface area contributed by atoms with Crippen LogP contribution < -0.4 is 24.6 Å². The van der Waals surface area contributed by atoms with Gasteiger partial charge in [0.05, 0.1) is 44.1 Å². The number of imidazole rings is 2. The fourth-order valence-electron chi connectivity index (χ4n) is 5.56. The van der Waals surface area contributed by atoms with Gasteiger partial charge >= 0.3 is 5.97 Å². The van der Waals surface area contributed by atoms with Crippen LogP contribution in [0.1, 0.15) is 44.9 Å². The molecule has 0 saturated heterocycles. The second-order valence-electron chi connectivity index (χ2n) is 12.3. The van der Waals surface area contributed by atoms with Crippen molar-refractivity contribution in [2.45, 2.75) is 31.5 Å². The van der Waals surface area contributed by atoms with Crippen LogP contribution in [0.5, 0.6) is 11.5 Å². The first-order chi connectivity index (χ1) is 25.4. The molecular weight excluding hydrogens is 723 g/mol. The Morgan fingerprint density at radius 3 is 1.66 bits per heavy atom. The van der Waals surface area contributed by atoms with Gasteiger partial charge in [-0.1, -0.05) is 47.5 Å². The van der Waals surface area contributed by atoms with Crippen molar-refractivity contribution in [1.29, 1.82) is 5.26 Å². The maximum atomic E-state index is 12.6. The van der Waals surface area contributed by atoms with E-state index in [9.17, 15) is 20.0 Å². The molecule has 1 amide bonds. The monoisotopic (exact) mass is 756 g/mol. The highest BCUT2D eigenvalue weighted by Gasteiger charge is 2.45. The summed E-state index contributed by atoms with van der Waals surface area (Å²) in [5.41, 5.74) is 3.95. The van der Waals surface area contributed by atoms with E-state index in [1.807, 2.05) is 72.4 Å². The molecule has 4 heterocycles. The van der Waals surface area contributed by atoms with Crippen molar-refractivity contribution in [3.05, 3.63) is 106 Å². The van der Waals surface area contributed by atoms with Crippen LogP contribution in [-0.2, 0) is 13.1 Å². The molecule has 4 aromatic heterocycles. The van der Waals surface area contributed by atoms with Gasteiger partial charge < -0.3 is 29.7 Å². The molecule has 0 spiro atoms. The van der Waals surface area contributed by atoms with E-state index in [0.29, 0.717) is 42.9 Å². The van der Waals surface area contributed by atoms with Crippen LogP contribution in [0.4, 0.5) is 11.4 Å². The summed E-state index contributed by atoms with van der Waals surface area (Å²) in [5, 5.41) is 29.9. The van der Waals surface area contributed by atoms with E-state index in [0.717, 1.165) is 28.3 Å². The molecule has 0 unspecified atom stereocenters. The second-order valence-corrected chi connectivity index (χ2v) is 13.1. The van der Waals surface area contributed by atoms with E-state index >= 15 is 0 Å². The van der Waals surface area contributed by atoms with Gasteiger partial charge in [0.1, 0.15) is 17.0 Å². The highest BCUT2D eigenvalue weighted by atomic mass is 35.5. The Labute approximate surface area is 313 Å². The summed E-state index contributed by atoms with van der Waals surface area (Å²) < 4.78 is 13.0. The molecule has 1 saturated carbocycles. The number of carbonyl (C=O) groups excluding carboxylic acids is 1. The number of rotatable bonds is 11. The van der Waals surface area contributed by atoms with E-state index in [2.05, 4.69) is 31.6 Å². The maximum absolute atomic E-state index is 12.6. The number of carboxylic acids is 1. The zero-order valence-corrected chi connectivity index (χ0v) is 30.6. The molecule has 0 radical (unpaired) electrons. The number of aromatic carboxylic acids is 1. The molecule has 2 N–H and O–H groups in total. The normalized spacial score (nSPS) is 12.7. The zero-order chi connectivity index (χ0) is 37.9. The number of carboxylic acid groups (broad SMARTS) is 1.